The van der Waals surface area contributed by atoms with Crippen LogP contribution in [0.3, 0.4) is 0 Å². The highest BCUT2D eigenvalue weighted by Crippen LogP contribution is 2.50. The van der Waals surface area contributed by atoms with Crippen LogP contribution in [0.25, 0.3) is 10.8 Å². The van der Waals surface area contributed by atoms with E-state index >= 15 is 0 Å². The van der Waals surface area contributed by atoms with Crippen molar-refractivity contribution in [2.24, 2.45) is 39.6 Å². The standard InChI is InChI=1S/C50H60N4O13/c1-11-31-32(64-10)18-23-65-50(12-2)47(62)37-35-36(43(60)30(9)46(37)67-50)44(61)40(39-38(35)52-49(53-39)19-21-54(22-20-49)24-25(3)4)51-48(63)27(6)15-13-14-26(5)41(58)28(7)42(59)29(8)45(31)66-34(57)17-16-33(55)56/h1-2,13-15,18,23,25-26,28-29,31-32,41-42,45,58-61H,16-17,19-22,24H2,3-10H3,(H,51,63)(H,55,56)/b14-13+,23-18+,27-15-/t26-,28+,29+,31+,32-,41-,42+,45-,50-/m0/s1. The number of ketones is 1. The number of carbonyl (C=O) groups excluding carboxylic acids is 3. The van der Waals surface area contributed by atoms with E-state index in [0.717, 1.165) is 12.8 Å². The minimum atomic E-state index is -2.50. The molecule has 17 heteroatoms. The Bertz CT molecular complexity index is 2630. The fraction of sp³-hybridized carbons (Fsp3) is 0.520. The number of carboxylic acids is 1. The number of likely N-dealkylation sites (tertiary alicyclic amines) is 1. The number of nitrogens with one attached hydrogen (secondary N) is 1. The van der Waals surface area contributed by atoms with Gasteiger partial charge in [-0.05, 0) is 31.8 Å². The summed E-state index contributed by atoms with van der Waals surface area (Å²) in [4.78, 5) is 65.8. The van der Waals surface area contributed by atoms with Crippen LogP contribution in [0.15, 0.2) is 46.1 Å². The van der Waals surface area contributed by atoms with Gasteiger partial charge in [-0.25, -0.2) is 0 Å². The average Bonchev–Trinajstić information content (AvgIpc) is 3.81. The smallest absolute Gasteiger partial charge is 0.383 e. The van der Waals surface area contributed by atoms with Crippen molar-refractivity contribution < 1.29 is 63.7 Å². The van der Waals surface area contributed by atoms with Gasteiger partial charge in [0.15, 0.2) is 11.4 Å². The summed E-state index contributed by atoms with van der Waals surface area (Å²) >= 11 is 0. The van der Waals surface area contributed by atoms with Gasteiger partial charge in [0.25, 0.3) is 11.7 Å². The number of hydrogen-bond acceptors (Lipinski definition) is 15. The van der Waals surface area contributed by atoms with Crippen LogP contribution in [0.2, 0.25) is 0 Å². The minimum absolute atomic E-state index is 0.0132. The summed E-state index contributed by atoms with van der Waals surface area (Å²) in [7, 11) is 1.30. The minimum Gasteiger partial charge on any atom is -0.507 e. The number of hydrogen-bond donors (Lipinski definition) is 6. The van der Waals surface area contributed by atoms with Crippen LogP contribution in [0.1, 0.15) is 83.1 Å². The van der Waals surface area contributed by atoms with E-state index in [-0.39, 0.29) is 49.6 Å². The van der Waals surface area contributed by atoms with E-state index in [1.807, 2.05) is 0 Å². The molecule has 1 saturated heterocycles. The number of fused-ring (bicyclic) bond motifs is 1. The molecular weight excluding hydrogens is 865 g/mol. The lowest BCUT2D eigenvalue weighted by molar-refractivity contribution is -0.163. The normalized spacial score (nSPS) is 30.4. The molecule has 67 heavy (non-hydrogen) atoms. The number of aliphatic hydroxyl groups is 2. The van der Waals surface area contributed by atoms with E-state index < -0.39 is 108 Å². The first kappa shape index (κ1) is 50.2. The van der Waals surface area contributed by atoms with Gasteiger partial charge in [-0.1, -0.05) is 58.8 Å². The molecule has 0 saturated carbocycles. The van der Waals surface area contributed by atoms with Gasteiger partial charge in [-0.3, -0.25) is 29.2 Å². The second-order valence-corrected chi connectivity index (χ2v) is 18.4. The maximum Gasteiger partial charge on any atom is 0.383 e. The summed E-state index contributed by atoms with van der Waals surface area (Å²) in [5.41, 5.74) is -1.14. The van der Waals surface area contributed by atoms with Crippen molar-refractivity contribution in [3.05, 3.63) is 58.0 Å². The monoisotopic (exact) mass is 924 g/mol. The number of nitrogens with zero attached hydrogens (tertiary/aromatic N) is 3. The predicted octanol–water partition coefficient (Wildman–Crippen LogP) is 3.82. The van der Waals surface area contributed by atoms with Crippen LogP contribution >= 0.6 is 0 Å². The van der Waals surface area contributed by atoms with Gasteiger partial charge in [-0.15, -0.1) is 12.8 Å². The number of amides is 1. The zero-order valence-corrected chi connectivity index (χ0v) is 39.0. The number of carbonyl (C=O) groups is 4. The Kier molecular flexibility index (Phi) is 14.9. The number of anilines is 1. The zero-order chi connectivity index (χ0) is 49.3. The molecule has 9 atom stereocenters. The number of benzene rings is 2. The fourth-order valence-corrected chi connectivity index (χ4v) is 9.29. The Hall–Kier alpha value is -6.24. The Morgan fingerprint density at radius 3 is 2.27 bits per heavy atom. The summed E-state index contributed by atoms with van der Waals surface area (Å²) in [6, 6.07) is 0. The number of aliphatic carboxylic acids is 1. The number of rotatable bonds is 7. The Morgan fingerprint density at radius 2 is 1.66 bits per heavy atom. The zero-order valence-electron chi connectivity index (χ0n) is 39.0. The molecule has 6 N–H and O–H groups in total. The van der Waals surface area contributed by atoms with Crippen molar-refractivity contribution >= 4 is 40.1 Å². The lowest BCUT2D eigenvalue weighted by Crippen LogP contribution is -2.47. The molecule has 358 valence electrons. The maximum absolute atomic E-state index is 14.9. The number of carboxylic acid groups (broad SMARTS) is 1. The first-order chi connectivity index (χ1) is 31.6. The number of esters is 1. The molecule has 1 amide bonds. The van der Waals surface area contributed by atoms with E-state index in [9.17, 15) is 44.7 Å². The largest absolute Gasteiger partial charge is 0.507 e. The molecule has 17 nitrogen and oxygen atoms in total. The first-order valence-corrected chi connectivity index (χ1v) is 22.4. The van der Waals surface area contributed by atoms with Gasteiger partial charge in [-0.2, -0.15) is 0 Å². The summed E-state index contributed by atoms with van der Waals surface area (Å²) in [6.07, 6.45) is 14.0. The third-order valence-electron chi connectivity index (χ3n) is 13.2. The van der Waals surface area contributed by atoms with Crippen LogP contribution < -0.4 is 20.8 Å². The highest BCUT2D eigenvalue weighted by molar-refractivity contribution is 6.20. The van der Waals surface area contributed by atoms with Crippen molar-refractivity contribution in [2.75, 3.05) is 32.1 Å². The van der Waals surface area contributed by atoms with E-state index in [1.165, 1.54) is 33.1 Å². The molecule has 6 rings (SSSR count). The van der Waals surface area contributed by atoms with E-state index in [1.54, 1.807) is 32.9 Å². The predicted molar refractivity (Wildman–Crippen MR) is 245 cm³/mol. The quantitative estimate of drug-likeness (QED) is 0.131. The molecule has 2 aromatic carbocycles. The molecule has 2 aromatic rings. The van der Waals surface area contributed by atoms with Crippen LogP contribution in [-0.2, 0) is 28.6 Å². The van der Waals surface area contributed by atoms with E-state index in [0.29, 0.717) is 31.8 Å². The van der Waals surface area contributed by atoms with Crippen molar-refractivity contribution in [1.82, 2.24) is 4.90 Å². The number of allylic oxidation sites excluding steroid dienone is 2. The highest BCUT2D eigenvalue weighted by atomic mass is 16.7. The number of ether oxygens (including phenoxy) is 4. The second-order valence-electron chi connectivity index (χ2n) is 18.4. The molecular formula is C50H60N4O13. The number of piperidine rings is 1. The lowest BCUT2D eigenvalue weighted by atomic mass is 9.78. The number of Topliss-reactive ketones (excluding diaryl/α,β-unsaturated/α-hetero) is 1. The van der Waals surface area contributed by atoms with Gasteiger partial charge in [0.1, 0.15) is 28.6 Å². The molecule has 1 spiro atoms. The van der Waals surface area contributed by atoms with Gasteiger partial charge in [0.05, 0.1) is 59.6 Å². The second kappa shape index (κ2) is 19.9. The number of aliphatic hydroxyl groups excluding tert-OH is 2. The van der Waals surface area contributed by atoms with Crippen LogP contribution in [0.4, 0.5) is 5.69 Å². The molecule has 4 bridgehead atoms. The number of phenolic OH excluding ortho intramolecular Hbond substituents is 2. The van der Waals surface area contributed by atoms with Gasteiger partial charge < -0.3 is 54.7 Å². The molecule has 1 fully saturated rings. The number of aromatic hydroxyl groups is 2. The molecule has 4 heterocycles. The Balaban J connectivity index is 1.55. The van der Waals surface area contributed by atoms with Crippen molar-refractivity contribution in [3.63, 3.8) is 0 Å². The Morgan fingerprint density at radius 1 is 0.985 bits per heavy atom. The third kappa shape index (κ3) is 9.65. The first-order valence-electron chi connectivity index (χ1n) is 22.4. The van der Waals surface area contributed by atoms with Crippen LogP contribution in [0.5, 0.6) is 17.2 Å². The van der Waals surface area contributed by atoms with Gasteiger partial charge in [0, 0.05) is 73.9 Å². The number of terminal acetylenes is 2. The van der Waals surface area contributed by atoms with Crippen molar-refractivity contribution in [2.45, 2.75) is 110 Å². The van der Waals surface area contributed by atoms with Gasteiger partial charge in [0.2, 0.25) is 0 Å². The molecule has 0 aliphatic carbocycles. The van der Waals surface area contributed by atoms with Crippen molar-refractivity contribution in [3.8, 4) is 41.9 Å². The number of methoxy groups -OCH3 is 1. The van der Waals surface area contributed by atoms with Crippen LogP contribution in [-0.4, -0.2) is 117 Å². The topological polar surface area (TPSA) is 246 Å². The highest BCUT2D eigenvalue weighted by Gasteiger charge is 2.53. The average molecular weight is 925 g/mol. The van der Waals surface area contributed by atoms with E-state index in [2.05, 4.69) is 35.9 Å². The molecule has 0 aromatic heterocycles. The molecule has 4 aliphatic rings. The summed E-state index contributed by atoms with van der Waals surface area (Å²) < 4.78 is 23.7. The molecule has 0 unspecified atom stereocenters. The maximum atomic E-state index is 14.9. The molecule has 4 aliphatic heterocycles. The number of phenols is 2. The lowest BCUT2D eigenvalue weighted by Gasteiger charge is -2.37. The van der Waals surface area contributed by atoms with Crippen molar-refractivity contribution in [1.29, 1.82) is 0 Å². The fourth-order valence-electron chi connectivity index (χ4n) is 9.29. The summed E-state index contributed by atoms with van der Waals surface area (Å²) in [5.74, 6) is -5.77. The summed E-state index contributed by atoms with van der Waals surface area (Å²) in [5, 5.41) is 59.3. The van der Waals surface area contributed by atoms with Crippen LogP contribution in [0, 0.1) is 61.2 Å². The molecule has 0 radical (unpaired) electrons. The summed E-state index contributed by atoms with van der Waals surface area (Å²) in [6.45, 7) is 14.3. The SMILES string of the molecule is C#C[C@H]1[C@@H](OC(=O)CCC(=O)O)[C@H](C)[C@H](O)[C@H](C)[C@@H](O)[C@@H](C)/C=C/C=C(/C)C(=O)Nc2c(O)c3c(O)c(C)c4c(c3c3c2=NC2(CCN(CC(C)C)CC2)N=3)C(=O)[C@@](C#C)(O/C=C/[C@@H]1OC)O4. The van der Waals surface area contributed by atoms with E-state index in [4.69, 9.17) is 41.8 Å². The Labute approximate surface area is 389 Å². The van der Waals surface area contributed by atoms with Gasteiger partial charge >= 0.3 is 17.7 Å². The third-order valence-corrected chi connectivity index (χ3v) is 13.2.